The number of imidazole rings is 1. The molecule has 0 atom stereocenters. The van der Waals surface area contributed by atoms with Gasteiger partial charge in [-0.15, -0.1) is 0 Å². The van der Waals surface area contributed by atoms with Crippen molar-refractivity contribution in [1.82, 2.24) is 14.5 Å². The largest absolute Gasteiger partial charge is 0.382 e. The molecule has 7 heteroatoms. The average Bonchev–Trinajstić information content (AvgIpc) is 3.01. The zero-order valence-corrected chi connectivity index (χ0v) is 16.5. The van der Waals surface area contributed by atoms with E-state index in [1.54, 1.807) is 0 Å². The molecule has 3 rings (SSSR count). The van der Waals surface area contributed by atoms with E-state index in [1.165, 1.54) is 42.5 Å². The molecule has 2 heterocycles. The van der Waals surface area contributed by atoms with Crippen molar-refractivity contribution < 1.29 is 0 Å². The summed E-state index contributed by atoms with van der Waals surface area (Å²) >= 11 is 0. The monoisotopic (exact) mass is 371 g/mol. The zero-order chi connectivity index (χ0) is 19.2. The van der Waals surface area contributed by atoms with Gasteiger partial charge in [0.05, 0.1) is 5.52 Å². The van der Waals surface area contributed by atoms with E-state index in [0.717, 1.165) is 56.4 Å². The minimum absolute atomic E-state index is 0.163. The number of nitrogen functional groups attached to an aromatic ring is 1. The number of aromatic nitrogens is 3. The lowest BCUT2D eigenvalue weighted by Crippen LogP contribution is -2.23. The normalized spacial score (nSPS) is 13.7. The van der Waals surface area contributed by atoms with Crippen molar-refractivity contribution in [1.29, 1.82) is 0 Å². The number of aliphatic imine (C=N–C) groups is 1. The van der Waals surface area contributed by atoms with Gasteiger partial charge >= 0.3 is 0 Å². The van der Waals surface area contributed by atoms with Gasteiger partial charge in [-0.05, 0) is 50.5 Å². The van der Waals surface area contributed by atoms with E-state index in [4.69, 9.17) is 22.2 Å². The lowest BCUT2D eigenvalue weighted by atomic mass is 9.95. The van der Waals surface area contributed by atoms with E-state index in [9.17, 15) is 0 Å². The highest BCUT2D eigenvalue weighted by Crippen LogP contribution is 2.32. The molecule has 148 valence electrons. The highest BCUT2D eigenvalue weighted by atomic mass is 15.1. The number of unbranched alkanes of at least 4 members (excludes halogenated alkanes) is 3. The number of fused-ring (bicyclic) bond motifs is 3. The molecule has 0 amide bonds. The number of hydrogen-bond acceptors (Lipinski definition) is 4. The molecule has 2 aromatic heterocycles. The lowest BCUT2D eigenvalue weighted by Gasteiger charge is -2.18. The number of aryl methyl sites for hydroxylation is 4. The standard InChI is InChI=1S/C20H33N7/c1-2-3-4-11-16-26-17-18(27(16)13-8-7-12-24-20(22)23)14-9-5-6-10-15(14)25-19(17)21/h2-13H2,1H3,(H2,21,25)(H4,22,23,24). The van der Waals surface area contributed by atoms with Gasteiger partial charge in [0.15, 0.2) is 11.8 Å². The van der Waals surface area contributed by atoms with Crippen molar-refractivity contribution in [3.8, 4) is 0 Å². The lowest BCUT2D eigenvalue weighted by molar-refractivity contribution is 0.583. The van der Waals surface area contributed by atoms with Crippen LogP contribution in [0.3, 0.4) is 0 Å². The maximum atomic E-state index is 6.29. The zero-order valence-electron chi connectivity index (χ0n) is 16.5. The van der Waals surface area contributed by atoms with Crippen LogP contribution >= 0.6 is 0 Å². The van der Waals surface area contributed by atoms with Gasteiger partial charge in [-0.1, -0.05) is 19.8 Å². The summed E-state index contributed by atoms with van der Waals surface area (Å²) in [7, 11) is 0. The molecule has 27 heavy (non-hydrogen) atoms. The Labute approximate surface area is 161 Å². The molecular formula is C20H33N7. The van der Waals surface area contributed by atoms with Crippen LogP contribution in [0.5, 0.6) is 0 Å². The quantitative estimate of drug-likeness (QED) is 0.355. The minimum Gasteiger partial charge on any atom is -0.382 e. The third kappa shape index (κ3) is 4.51. The van der Waals surface area contributed by atoms with E-state index in [2.05, 4.69) is 21.5 Å². The molecule has 0 aromatic carbocycles. The van der Waals surface area contributed by atoms with Crippen molar-refractivity contribution >= 4 is 22.8 Å². The maximum absolute atomic E-state index is 6.29. The number of rotatable bonds is 9. The molecule has 0 unspecified atom stereocenters. The van der Waals surface area contributed by atoms with Gasteiger partial charge < -0.3 is 21.8 Å². The Bertz CT molecular complexity index is 802. The summed E-state index contributed by atoms with van der Waals surface area (Å²) in [6.45, 7) is 3.82. The molecule has 0 spiro atoms. The first kappa shape index (κ1) is 19.5. The van der Waals surface area contributed by atoms with Gasteiger partial charge in [-0.2, -0.15) is 0 Å². The fourth-order valence-electron chi connectivity index (χ4n) is 4.00. The third-order valence-corrected chi connectivity index (χ3v) is 5.36. The SMILES string of the molecule is CCCCCc1nc2c(N)nc3c(c2n1CCCCN=C(N)N)CCCC3. The Balaban J connectivity index is 1.91. The Morgan fingerprint density at radius 1 is 1.07 bits per heavy atom. The van der Waals surface area contributed by atoms with E-state index in [0.29, 0.717) is 12.4 Å². The summed E-state index contributed by atoms with van der Waals surface area (Å²) in [5.74, 6) is 1.89. The Kier molecular flexibility index (Phi) is 6.53. The fraction of sp³-hybridized carbons (Fsp3) is 0.650. The second kappa shape index (κ2) is 9.06. The number of anilines is 1. The van der Waals surface area contributed by atoms with Gasteiger partial charge in [-0.3, -0.25) is 4.99 Å². The molecule has 6 N–H and O–H groups in total. The van der Waals surface area contributed by atoms with Crippen LogP contribution in [0, 0.1) is 0 Å². The summed E-state index contributed by atoms with van der Waals surface area (Å²) in [6, 6.07) is 0. The molecule has 0 bridgehead atoms. The topological polar surface area (TPSA) is 121 Å². The Morgan fingerprint density at radius 3 is 2.67 bits per heavy atom. The van der Waals surface area contributed by atoms with E-state index in [-0.39, 0.29) is 5.96 Å². The van der Waals surface area contributed by atoms with Crippen molar-refractivity contribution in [2.75, 3.05) is 12.3 Å². The number of hydrogen-bond donors (Lipinski definition) is 3. The molecule has 1 aliphatic carbocycles. The van der Waals surface area contributed by atoms with Gasteiger partial charge in [0, 0.05) is 25.2 Å². The van der Waals surface area contributed by atoms with Crippen molar-refractivity contribution in [2.24, 2.45) is 16.5 Å². The summed E-state index contributed by atoms with van der Waals surface area (Å²) in [5, 5.41) is 0. The highest BCUT2D eigenvalue weighted by Gasteiger charge is 2.22. The molecule has 0 saturated heterocycles. The summed E-state index contributed by atoms with van der Waals surface area (Å²) in [4.78, 5) is 13.7. The fourth-order valence-corrected chi connectivity index (χ4v) is 4.00. The summed E-state index contributed by atoms with van der Waals surface area (Å²) < 4.78 is 2.41. The first-order valence-electron chi connectivity index (χ1n) is 10.3. The number of pyridine rings is 1. The molecule has 0 fully saturated rings. The second-order valence-corrected chi connectivity index (χ2v) is 7.48. The number of guanidine groups is 1. The molecular weight excluding hydrogens is 338 g/mol. The number of nitrogens with zero attached hydrogens (tertiary/aromatic N) is 4. The van der Waals surface area contributed by atoms with Crippen LogP contribution in [0.4, 0.5) is 5.82 Å². The molecule has 0 saturated carbocycles. The third-order valence-electron chi connectivity index (χ3n) is 5.36. The predicted octanol–water partition coefficient (Wildman–Crippen LogP) is 2.68. The first-order valence-corrected chi connectivity index (χ1v) is 10.3. The van der Waals surface area contributed by atoms with Gasteiger partial charge in [-0.25, -0.2) is 9.97 Å². The van der Waals surface area contributed by atoms with Crippen LogP contribution in [-0.2, 0) is 25.8 Å². The molecule has 1 aliphatic rings. The van der Waals surface area contributed by atoms with Gasteiger partial charge in [0.1, 0.15) is 11.3 Å². The summed E-state index contributed by atoms with van der Waals surface area (Å²) in [6.07, 6.45) is 11.1. The smallest absolute Gasteiger partial charge is 0.185 e. The molecule has 2 aromatic rings. The van der Waals surface area contributed by atoms with Gasteiger partial charge in [0.25, 0.3) is 0 Å². The summed E-state index contributed by atoms with van der Waals surface area (Å²) in [5.41, 5.74) is 21.8. The van der Waals surface area contributed by atoms with Crippen LogP contribution in [0.2, 0.25) is 0 Å². The minimum atomic E-state index is 0.163. The molecule has 0 aliphatic heterocycles. The van der Waals surface area contributed by atoms with Crippen molar-refractivity contribution in [3.63, 3.8) is 0 Å². The Hall–Kier alpha value is -2.31. The molecule has 0 radical (unpaired) electrons. The van der Waals surface area contributed by atoms with Gasteiger partial charge in [0.2, 0.25) is 0 Å². The predicted molar refractivity (Wildman–Crippen MR) is 112 cm³/mol. The van der Waals surface area contributed by atoms with Crippen LogP contribution in [0.15, 0.2) is 4.99 Å². The first-order chi connectivity index (χ1) is 13.1. The van der Waals surface area contributed by atoms with Crippen LogP contribution in [-0.4, -0.2) is 27.0 Å². The van der Waals surface area contributed by atoms with Crippen LogP contribution in [0.25, 0.3) is 11.0 Å². The Morgan fingerprint density at radius 2 is 1.89 bits per heavy atom. The van der Waals surface area contributed by atoms with E-state index >= 15 is 0 Å². The van der Waals surface area contributed by atoms with E-state index < -0.39 is 0 Å². The van der Waals surface area contributed by atoms with Crippen LogP contribution < -0.4 is 17.2 Å². The molecule has 7 nitrogen and oxygen atoms in total. The van der Waals surface area contributed by atoms with Crippen molar-refractivity contribution in [2.45, 2.75) is 77.7 Å². The number of nitrogens with two attached hydrogens (primary N) is 3. The van der Waals surface area contributed by atoms with Crippen molar-refractivity contribution in [3.05, 3.63) is 17.1 Å². The highest BCUT2D eigenvalue weighted by molar-refractivity contribution is 5.89. The maximum Gasteiger partial charge on any atom is 0.185 e. The average molecular weight is 372 g/mol. The second-order valence-electron chi connectivity index (χ2n) is 7.48. The van der Waals surface area contributed by atoms with E-state index in [1.807, 2.05) is 0 Å². The van der Waals surface area contributed by atoms with Crippen LogP contribution in [0.1, 0.15) is 69.0 Å².